The van der Waals surface area contributed by atoms with E-state index in [9.17, 15) is 0 Å². The second-order valence-electron chi connectivity index (χ2n) is 6.34. The molecule has 4 rings (SSSR count). The first kappa shape index (κ1) is 15.0. The molecule has 1 aromatic heterocycles. The van der Waals surface area contributed by atoms with E-state index < -0.39 is 0 Å². The van der Waals surface area contributed by atoms with Gasteiger partial charge in [0.15, 0.2) is 0 Å². The Kier molecular flexibility index (Phi) is 4.06. The Labute approximate surface area is 142 Å². The Bertz CT molecular complexity index is 962. The zero-order valence-electron chi connectivity index (χ0n) is 13.9. The van der Waals surface area contributed by atoms with Crippen LogP contribution in [-0.4, -0.2) is 18.6 Å². The number of aromatic nitrogens is 1. The van der Waals surface area contributed by atoms with Gasteiger partial charge in [0.2, 0.25) is 0 Å². The molecule has 0 aliphatic heterocycles. The molecule has 0 radical (unpaired) electrons. The quantitative estimate of drug-likeness (QED) is 0.529. The lowest BCUT2D eigenvalue weighted by Crippen LogP contribution is -2.13. The SMILES string of the molecule is CNCCC(c1ccc2[nH]ccc2c1)c1cccc2ccccc12. The topological polar surface area (TPSA) is 27.8 Å². The van der Waals surface area contributed by atoms with Crippen molar-refractivity contribution in [2.24, 2.45) is 0 Å². The van der Waals surface area contributed by atoms with Crippen molar-refractivity contribution in [3.8, 4) is 0 Å². The monoisotopic (exact) mass is 314 g/mol. The van der Waals surface area contributed by atoms with Gasteiger partial charge in [-0.1, -0.05) is 48.5 Å². The second kappa shape index (κ2) is 6.50. The molecule has 0 aliphatic rings. The van der Waals surface area contributed by atoms with Gasteiger partial charge in [-0.2, -0.15) is 0 Å². The van der Waals surface area contributed by atoms with Crippen LogP contribution in [0.5, 0.6) is 0 Å². The first-order chi connectivity index (χ1) is 11.9. The van der Waals surface area contributed by atoms with E-state index in [1.807, 2.05) is 13.2 Å². The van der Waals surface area contributed by atoms with Crippen LogP contribution in [0.4, 0.5) is 0 Å². The molecule has 2 heteroatoms. The van der Waals surface area contributed by atoms with E-state index in [1.54, 1.807) is 0 Å². The van der Waals surface area contributed by atoms with E-state index in [2.05, 4.69) is 77.0 Å². The summed E-state index contributed by atoms with van der Waals surface area (Å²) < 4.78 is 0. The Morgan fingerprint density at radius 2 is 1.79 bits per heavy atom. The summed E-state index contributed by atoms with van der Waals surface area (Å²) in [6, 6.07) is 24.3. The summed E-state index contributed by atoms with van der Waals surface area (Å²) in [4.78, 5) is 3.29. The maximum absolute atomic E-state index is 3.31. The van der Waals surface area contributed by atoms with Crippen molar-refractivity contribution < 1.29 is 0 Å². The van der Waals surface area contributed by atoms with Crippen LogP contribution in [0.2, 0.25) is 0 Å². The van der Waals surface area contributed by atoms with Crippen molar-refractivity contribution in [3.05, 3.63) is 84.1 Å². The largest absolute Gasteiger partial charge is 0.361 e. The Hall–Kier alpha value is -2.58. The molecule has 0 aliphatic carbocycles. The highest BCUT2D eigenvalue weighted by atomic mass is 14.8. The molecule has 0 saturated heterocycles. The molecule has 24 heavy (non-hydrogen) atoms. The second-order valence-corrected chi connectivity index (χ2v) is 6.34. The minimum Gasteiger partial charge on any atom is -0.361 e. The molecule has 0 bridgehead atoms. The van der Waals surface area contributed by atoms with Crippen LogP contribution in [-0.2, 0) is 0 Å². The van der Waals surface area contributed by atoms with Gasteiger partial charge >= 0.3 is 0 Å². The lowest BCUT2D eigenvalue weighted by Gasteiger charge is -2.20. The van der Waals surface area contributed by atoms with Gasteiger partial charge in [-0.3, -0.25) is 0 Å². The number of hydrogen-bond donors (Lipinski definition) is 2. The number of hydrogen-bond acceptors (Lipinski definition) is 1. The van der Waals surface area contributed by atoms with Gasteiger partial charge < -0.3 is 10.3 Å². The number of H-pyrrole nitrogens is 1. The van der Waals surface area contributed by atoms with E-state index in [0.717, 1.165) is 13.0 Å². The van der Waals surface area contributed by atoms with Crippen molar-refractivity contribution in [1.82, 2.24) is 10.3 Å². The zero-order chi connectivity index (χ0) is 16.4. The standard InChI is InChI=1S/C22H22N2/c1-23-13-12-20(17-9-10-22-18(15-17)11-14-24-22)21-8-4-6-16-5-2-3-7-19(16)21/h2-11,14-15,20,23-24H,12-13H2,1H3. The molecule has 2 nitrogen and oxygen atoms in total. The normalized spacial score (nSPS) is 12.7. The van der Waals surface area contributed by atoms with Gasteiger partial charge in [-0.05, 0) is 65.5 Å². The van der Waals surface area contributed by atoms with Crippen molar-refractivity contribution in [1.29, 1.82) is 0 Å². The fourth-order valence-electron chi connectivity index (χ4n) is 3.63. The third-order valence-corrected chi connectivity index (χ3v) is 4.86. The van der Waals surface area contributed by atoms with E-state index in [1.165, 1.54) is 32.8 Å². The molecule has 3 aromatic carbocycles. The van der Waals surface area contributed by atoms with E-state index in [0.29, 0.717) is 5.92 Å². The molecule has 1 heterocycles. The molecule has 0 spiro atoms. The van der Waals surface area contributed by atoms with Crippen LogP contribution in [0.25, 0.3) is 21.7 Å². The van der Waals surface area contributed by atoms with Gasteiger partial charge in [-0.25, -0.2) is 0 Å². The fraction of sp³-hybridized carbons (Fsp3) is 0.182. The molecular formula is C22H22N2. The first-order valence-corrected chi connectivity index (χ1v) is 8.56. The molecule has 120 valence electrons. The molecule has 2 N–H and O–H groups in total. The third-order valence-electron chi connectivity index (χ3n) is 4.86. The zero-order valence-corrected chi connectivity index (χ0v) is 13.9. The van der Waals surface area contributed by atoms with Gasteiger partial charge in [-0.15, -0.1) is 0 Å². The number of rotatable bonds is 5. The molecule has 0 fully saturated rings. The number of fused-ring (bicyclic) bond motifs is 2. The smallest absolute Gasteiger partial charge is 0.0454 e. The average molecular weight is 314 g/mol. The highest BCUT2D eigenvalue weighted by molar-refractivity contribution is 5.87. The lowest BCUT2D eigenvalue weighted by molar-refractivity contribution is 0.665. The van der Waals surface area contributed by atoms with E-state index in [-0.39, 0.29) is 0 Å². The highest BCUT2D eigenvalue weighted by Crippen LogP contribution is 2.34. The third kappa shape index (κ3) is 2.70. The lowest BCUT2D eigenvalue weighted by atomic mass is 9.85. The molecule has 0 saturated carbocycles. The van der Waals surface area contributed by atoms with Gasteiger partial charge in [0.1, 0.15) is 0 Å². The molecule has 4 aromatic rings. The maximum Gasteiger partial charge on any atom is 0.0454 e. The molecular weight excluding hydrogens is 292 g/mol. The summed E-state index contributed by atoms with van der Waals surface area (Å²) in [5, 5.41) is 7.26. The van der Waals surface area contributed by atoms with Crippen LogP contribution >= 0.6 is 0 Å². The van der Waals surface area contributed by atoms with Crippen LogP contribution in [0.15, 0.2) is 72.9 Å². The Morgan fingerprint density at radius 1 is 0.917 bits per heavy atom. The van der Waals surface area contributed by atoms with E-state index in [4.69, 9.17) is 0 Å². The summed E-state index contributed by atoms with van der Waals surface area (Å²) >= 11 is 0. The fourth-order valence-corrected chi connectivity index (χ4v) is 3.63. The van der Waals surface area contributed by atoms with Gasteiger partial charge in [0.05, 0.1) is 0 Å². The van der Waals surface area contributed by atoms with Gasteiger partial charge in [0.25, 0.3) is 0 Å². The van der Waals surface area contributed by atoms with Crippen LogP contribution < -0.4 is 5.32 Å². The number of nitrogens with one attached hydrogen (secondary N) is 2. The minimum absolute atomic E-state index is 0.392. The van der Waals surface area contributed by atoms with E-state index >= 15 is 0 Å². The highest BCUT2D eigenvalue weighted by Gasteiger charge is 2.17. The Balaban J connectivity index is 1.86. The predicted molar refractivity (Wildman–Crippen MR) is 103 cm³/mol. The summed E-state index contributed by atoms with van der Waals surface area (Å²) in [6.07, 6.45) is 3.09. The summed E-state index contributed by atoms with van der Waals surface area (Å²) in [6.45, 7) is 0.999. The van der Waals surface area contributed by atoms with Crippen LogP contribution in [0.3, 0.4) is 0 Å². The predicted octanol–water partition coefficient (Wildman–Crippen LogP) is 5.06. The van der Waals surface area contributed by atoms with Crippen molar-refractivity contribution >= 4 is 21.7 Å². The average Bonchev–Trinajstić information content (AvgIpc) is 3.10. The molecule has 1 unspecified atom stereocenters. The van der Waals surface area contributed by atoms with Crippen LogP contribution in [0, 0.1) is 0 Å². The van der Waals surface area contributed by atoms with Crippen molar-refractivity contribution in [2.75, 3.05) is 13.6 Å². The summed E-state index contributed by atoms with van der Waals surface area (Å²) in [5.74, 6) is 0.392. The summed E-state index contributed by atoms with van der Waals surface area (Å²) in [7, 11) is 2.02. The summed E-state index contributed by atoms with van der Waals surface area (Å²) in [5.41, 5.74) is 4.00. The van der Waals surface area contributed by atoms with Crippen LogP contribution in [0.1, 0.15) is 23.5 Å². The first-order valence-electron chi connectivity index (χ1n) is 8.56. The number of benzene rings is 3. The van der Waals surface area contributed by atoms with Gasteiger partial charge in [0, 0.05) is 17.6 Å². The Morgan fingerprint density at radius 3 is 2.71 bits per heavy atom. The van der Waals surface area contributed by atoms with Crippen molar-refractivity contribution in [2.45, 2.75) is 12.3 Å². The maximum atomic E-state index is 3.31. The molecule has 1 atom stereocenters. The molecule has 0 amide bonds. The van der Waals surface area contributed by atoms with Crippen molar-refractivity contribution in [3.63, 3.8) is 0 Å². The number of aromatic amines is 1. The minimum atomic E-state index is 0.392.